The van der Waals surface area contributed by atoms with Gasteiger partial charge in [0, 0.05) is 27.1 Å². The molecule has 0 saturated heterocycles. The first-order valence-electron chi connectivity index (χ1n) is 8.18. The average Bonchev–Trinajstić information content (AvgIpc) is 3.11. The molecule has 1 aliphatic heterocycles. The Labute approximate surface area is 164 Å². The molecule has 0 amide bonds. The molecule has 5 nitrogen and oxygen atoms in total. The molecule has 1 aromatic heterocycles. The molecule has 130 valence electrons. The van der Waals surface area contributed by atoms with E-state index in [1.807, 2.05) is 48.5 Å². The Kier molecular flexibility index (Phi) is 4.19. The summed E-state index contributed by atoms with van der Waals surface area (Å²) in [5.41, 5.74) is 9.12. The van der Waals surface area contributed by atoms with Gasteiger partial charge in [-0.05, 0) is 23.8 Å². The Morgan fingerprint density at radius 3 is 2.56 bits per heavy atom. The normalized spacial score (nSPS) is 16.8. The number of aromatic amines is 1. The second-order valence-corrected chi connectivity index (χ2v) is 7.00. The summed E-state index contributed by atoms with van der Waals surface area (Å²) in [5, 5.41) is 20.5. The van der Waals surface area contributed by atoms with Crippen molar-refractivity contribution in [2.24, 2.45) is 5.73 Å². The lowest BCUT2D eigenvalue weighted by Crippen LogP contribution is -2.20. The maximum atomic E-state index is 9.95. The van der Waals surface area contributed by atoms with Crippen molar-refractivity contribution >= 4 is 32.6 Å². The number of rotatable bonds is 2. The zero-order valence-electron chi connectivity index (χ0n) is 14.0. The molecule has 6 heteroatoms. The van der Waals surface area contributed by atoms with Crippen LogP contribution in [0.25, 0.3) is 16.7 Å². The molecule has 1 unspecified atom stereocenters. The van der Waals surface area contributed by atoms with E-state index in [0.717, 1.165) is 26.5 Å². The van der Waals surface area contributed by atoms with E-state index in [-0.39, 0.29) is 11.5 Å². The number of para-hydroxylation sites is 1. The van der Waals surface area contributed by atoms with Crippen LogP contribution in [0.3, 0.4) is 0 Å². The van der Waals surface area contributed by atoms with Gasteiger partial charge in [-0.1, -0.05) is 46.3 Å². The van der Waals surface area contributed by atoms with Crippen molar-refractivity contribution in [1.82, 2.24) is 4.98 Å². The van der Waals surface area contributed by atoms with Gasteiger partial charge in [0.25, 0.3) is 0 Å². The predicted molar refractivity (Wildman–Crippen MR) is 106 cm³/mol. The van der Waals surface area contributed by atoms with Gasteiger partial charge in [0.2, 0.25) is 5.88 Å². The monoisotopic (exact) mass is 416 g/mol. The Morgan fingerprint density at radius 2 is 1.81 bits per heavy atom. The number of fused-ring (bicyclic) bond motifs is 1. The second-order valence-electron chi connectivity index (χ2n) is 6.08. The van der Waals surface area contributed by atoms with Crippen molar-refractivity contribution < 1.29 is 4.74 Å². The van der Waals surface area contributed by atoms with Gasteiger partial charge in [0.05, 0.1) is 17.6 Å². The molecule has 1 aliphatic rings. The van der Waals surface area contributed by atoms with Crippen LogP contribution in [0.2, 0.25) is 0 Å². The number of hydrogen-bond acceptors (Lipinski definition) is 4. The number of aromatic nitrogens is 1. The number of halogens is 1. The molecule has 0 fully saturated rings. The fraction of sp³-hybridized carbons (Fsp3) is 0.0476. The minimum Gasteiger partial charge on any atom is -0.439 e. The fourth-order valence-electron chi connectivity index (χ4n) is 3.35. The summed E-state index contributed by atoms with van der Waals surface area (Å²) >= 11 is 3.45. The lowest BCUT2D eigenvalue weighted by molar-refractivity contribution is 0.358. The third-order valence-corrected chi connectivity index (χ3v) is 5.05. The highest BCUT2D eigenvalue weighted by molar-refractivity contribution is 9.10. The zero-order chi connectivity index (χ0) is 19.0. The number of nitrogens with two attached hydrogens (primary N) is 1. The van der Waals surface area contributed by atoms with Crippen LogP contribution >= 0.6 is 15.9 Å². The fourth-order valence-corrected chi connectivity index (χ4v) is 3.77. The van der Waals surface area contributed by atoms with E-state index >= 15 is 0 Å². The molecule has 1 atom stereocenters. The van der Waals surface area contributed by atoms with E-state index in [4.69, 9.17) is 10.5 Å². The van der Waals surface area contributed by atoms with Crippen LogP contribution in [0.4, 0.5) is 0 Å². The molecule has 0 aliphatic carbocycles. The summed E-state index contributed by atoms with van der Waals surface area (Å²) in [6.07, 6.45) is 1.79. The highest BCUT2D eigenvalue weighted by atomic mass is 79.9. The van der Waals surface area contributed by atoms with Crippen molar-refractivity contribution in [2.45, 2.75) is 5.92 Å². The number of benzene rings is 2. The smallest absolute Gasteiger partial charge is 0.205 e. The topological polar surface area (TPSA) is 98.6 Å². The summed E-state index contributed by atoms with van der Waals surface area (Å²) in [5.74, 6) is -0.201. The van der Waals surface area contributed by atoms with Gasteiger partial charge >= 0.3 is 0 Å². The second kappa shape index (κ2) is 6.68. The lowest BCUT2D eigenvalue weighted by atomic mass is 9.82. The first-order chi connectivity index (χ1) is 13.1. The molecule has 2 aromatic carbocycles. The van der Waals surface area contributed by atoms with E-state index in [1.54, 1.807) is 6.20 Å². The number of nitrogens with one attached hydrogen (secondary N) is 1. The van der Waals surface area contributed by atoms with Crippen molar-refractivity contribution in [3.63, 3.8) is 0 Å². The van der Waals surface area contributed by atoms with E-state index in [0.29, 0.717) is 11.3 Å². The van der Waals surface area contributed by atoms with Crippen molar-refractivity contribution in [2.75, 3.05) is 0 Å². The molecule has 0 radical (unpaired) electrons. The predicted octanol–water partition coefficient (Wildman–Crippen LogP) is 4.67. The van der Waals surface area contributed by atoms with Gasteiger partial charge in [-0.3, -0.25) is 0 Å². The zero-order valence-corrected chi connectivity index (χ0v) is 15.6. The van der Waals surface area contributed by atoms with Gasteiger partial charge in [0.1, 0.15) is 11.6 Å². The maximum absolute atomic E-state index is 9.95. The van der Waals surface area contributed by atoms with E-state index in [1.165, 1.54) is 0 Å². The molecule has 3 aromatic rings. The molecule has 0 saturated carbocycles. The summed E-state index contributed by atoms with van der Waals surface area (Å²) in [4.78, 5) is 3.18. The Bertz CT molecular complexity index is 1210. The van der Waals surface area contributed by atoms with Crippen LogP contribution < -0.4 is 5.73 Å². The van der Waals surface area contributed by atoms with Crippen LogP contribution in [-0.4, -0.2) is 4.98 Å². The minimum atomic E-state index is -0.588. The quantitative estimate of drug-likeness (QED) is 0.633. The average molecular weight is 417 g/mol. The molecule has 0 spiro atoms. The Balaban J connectivity index is 1.99. The number of hydrogen-bond donors (Lipinski definition) is 2. The summed E-state index contributed by atoms with van der Waals surface area (Å²) in [6.45, 7) is 0. The van der Waals surface area contributed by atoms with Crippen LogP contribution in [0.1, 0.15) is 17.0 Å². The molecule has 4 rings (SSSR count). The lowest BCUT2D eigenvalue weighted by Gasteiger charge is -2.26. The van der Waals surface area contributed by atoms with Crippen LogP contribution in [0.15, 0.2) is 76.2 Å². The van der Waals surface area contributed by atoms with Gasteiger partial charge in [-0.25, -0.2) is 0 Å². The molecule has 27 heavy (non-hydrogen) atoms. The van der Waals surface area contributed by atoms with Gasteiger partial charge in [-0.2, -0.15) is 10.5 Å². The highest BCUT2D eigenvalue weighted by Gasteiger charge is 2.34. The van der Waals surface area contributed by atoms with E-state index in [2.05, 4.69) is 33.1 Å². The maximum Gasteiger partial charge on any atom is 0.205 e. The summed E-state index contributed by atoms with van der Waals surface area (Å²) in [7, 11) is 0. The van der Waals surface area contributed by atoms with Gasteiger partial charge in [-0.15, -0.1) is 0 Å². The third kappa shape index (κ3) is 2.77. The van der Waals surface area contributed by atoms with E-state index < -0.39 is 5.92 Å². The number of H-pyrrole nitrogens is 1. The number of ether oxygens (including phenoxy) is 1. The van der Waals surface area contributed by atoms with Crippen LogP contribution in [0, 0.1) is 22.7 Å². The molecule has 3 N–H and O–H groups in total. The summed E-state index contributed by atoms with van der Waals surface area (Å²) < 4.78 is 6.64. The molecular weight excluding hydrogens is 404 g/mol. The third-order valence-electron chi connectivity index (χ3n) is 4.56. The van der Waals surface area contributed by atoms with Crippen LogP contribution in [-0.2, 0) is 4.74 Å². The number of nitrogens with zero attached hydrogens (tertiary/aromatic N) is 2. The number of allylic oxidation sites excluding steroid dienone is 2. The van der Waals surface area contributed by atoms with Gasteiger partial charge < -0.3 is 15.5 Å². The Hall–Kier alpha value is -3.48. The SMILES string of the molecule is N#CC1=C(N)OC(c2c[nH]c3ccccc23)=C(C#N)C1c1cccc(Br)c1. The summed E-state index contributed by atoms with van der Waals surface area (Å²) in [6, 6.07) is 19.6. The van der Waals surface area contributed by atoms with Crippen LogP contribution in [0.5, 0.6) is 0 Å². The molecule has 0 bridgehead atoms. The van der Waals surface area contributed by atoms with Crippen molar-refractivity contribution in [3.8, 4) is 12.1 Å². The highest BCUT2D eigenvalue weighted by Crippen LogP contribution is 2.43. The standard InChI is InChI=1S/C21H13BrN4O/c22-13-5-3-4-12(8-13)19-15(9-23)20(27-21(25)16(19)10-24)17-11-26-18-7-2-1-6-14(17)18/h1-8,11,19,26H,25H2. The van der Waals surface area contributed by atoms with Gasteiger partial charge in [0.15, 0.2) is 5.76 Å². The molecule has 2 heterocycles. The largest absolute Gasteiger partial charge is 0.439 e. The first-order valence-corrected chi connectivity index (χ1v) is 8.97. The minimum absolute atomic E-state index is 0.0155. The van der Waals surface area contributed by atoms with Crippen molar-refractivity contribution in [1.29, 1.82) is 10.5 Å². The van der Waals surface area contributed by atoms with E-state index in [9.17, 15) is 10.5 Å². The number of nitriles is 2. The Morgan fingerprint density at radius 1 is 1.04 bits per heavy atom. The molecular formula is C21H13BrN4O. The van der Waals surface area contributed by atoms with Crippen molar-refractivity contribution in [3.05, 3.63) is 87.4 Å². The first kappa shape index (κ1) is 17.0.